The van der Waals surface area contributed by atoms with E-state index in [1.54, 1.807) is 45.2 Å². The molecule has 1 atom stereocenters. The van der Waals surface area contributed by atoms with Crippen molar-refractivity contribution in [2.75, 3.05) is 19.5 Å². The molecular weight excluding hydrogens is 452 g/mol. The van der Waals surface area contributed by atoms with E-state index in [1.807, 2.05) is 12.1 Å². The minimum absolute atomic E-state index is 0.0365. The number of rotatable bonds is 9. The topological polar surface area (TPSA) is 120 Å². The smallest absolute Gasteiger partial charge is 0.244 e. The molecule has 0 aliphatic heterocycles. The summed E-state index contributed by atoms with van der Waals surface area (Å²) in [6, 6.07) is 12.2. The third kappa shape index (κ3) is 5.61. The van der Waals surface area contributed by atoms with E-state index in [9.17, 15) is 13.2 Å². The summed E-state index contributed by atoms with van der Waals surface area (Å²) in [6.45, 7) is 3.51. The lowest BCUT2D eigenvalue weighted by Gasteiger charge is -2.21. The minimum atomic E-state index is -3.92. The lowest BCUT2D eigenvalue weighted by Crippen LogP contribution is -2.47. The standard InChI is InChI=1S/C21H24N4O5S2/c1-13(2)18(25-32(27,28)17-11-9-16(30-4)10-12-17)19(26)22-21-24-23-20(31-21)14-5-7-15(29-3)8-6-14/h5-13,18,25H,1-4H3,(H,22,24,26)/t18-/m0/s1. The molecule has 9 nitrogen and oxygen atoms in total. The Hall–Kier alpha value is -3.02. The molecule has 170 valence electrons. The zero-order valence-corrected chi connectivity index (χ0v) is 19.7. The fourth-order valence-corrected chi connectivity index (χ4v) is 4.89. The maximum absolute atomic E-state index is 12.9. The van der Waals surface area contributed by atoms with Gasteiger partial charge in [-0.3, -0.25) is 10.1 Å². The number of hydrogen-bond acceptors (Lipinski definition) is 8. The summed E-state index contributed by atoms with van der Waals surface area (Å²) in [4.78, 5) is 12.9. The lowest BCUT2D eigenvalue weighted by molar-refractivity contribution is -0.118. The molecule has 11 heteroatoms. The SMILES string of the molecule is COc1ccc(-c2nnc(NC(=O)[C@@H](NS(=O)(=O)c3ccc(OC)cc3)C(C)C)s2)cc1. The second-order valence-electron chi connectivity index (χ2n) is 7.15. The van der Waals surface area contributed by atoms with Gasteiger partial charge in [0.05, 0.1) is 19.1 Å². The van der Waals surface area contributed by atoms with Crippen molar-refractivity contribution in [2.45, 2.75) is 24.8 Å². The average molecular weight is 477 g/mol. The molecule has 2 aromatic carbocycles. The first-order valence-corrected chi connectivity index (χ1v) is 12.0. The van der Waals surface area contributed by atoms with Crippen LogP contribution in [0.15, 0.2) is 53.4 Å². The van der Waals surface area contributed by atoms with Gasteiger partial charge in [0.2, 0.25) is 21.1 Å². The maximum atomic E-state index is 12.9. The highest BCUT2D eigenvalue weighted by Gasteiger charge is 2.29. The van der Waals surface area contributed by atoms with Crippen molar-refractivity contribution in [2.24, 2.45) is 5.92 Å². The monoisotopic (exact) mass is 476 g/mol. The fraction of sp³-hybridized carbons (Fsp3) is 0.286. The van der Waals surface area contributed by atoms with E-state index in [0.717, 1.165) is 11.3 Å². The Morgan fingerprint density at radius 2 is 1.50 bits per heavy atom. The van der Waals surface area contributed by atoms with Gasteiger partial charge >= 0.3 is 0 Å². The number of hydrogen-bond donors (Lipinski definition) is 2. The summed E-state index contributed by atoms with van der Waals surface area (Å²) in [5.41, 5.74) is 0.824. The average Bonchev–Trinajstić information content (AvgIpc) is 3.25. The van der Waals surface area contributed by atoms with Crippen LogP contribution in [0.2, 0.25) is 0 Å². The lowest BCUT2D eigenvalue weighted by atomic mass is 10.1. The van der Waals surface area contributed by atoms with Crippen LogP contribution >= 0.6 is 11.3 Å². The van der Waals surface area contributed by atoms with Crippen molar-refractivity contribution in [3.05, 3.63) is 48.5 Å². The van der Waals surface area contributed by atoms with Crippen LogP contribution < -0.4 is 19.5 Å². The molecule has 0 spiro atoms. The number of carbonyl (C=O) groups excluding carboxylic acids is 1. The molecule has 0 aliphatic carbocycles. The van der Waals surface area contributed by atoms with E-state index >= 15 is 0 Å². The molecule has 1 heterocycles. The molecule has 0 saturated heterocycles. The molecular formula is C21H24N4O5S2. The van der Waals surface area contributed by atoms with E-state index in [4.69, 9.17) is 9.47 Å². The number of nitrogens with one attached hydrogen (secondary N) is 2. The zero-order chi connectivity index (χ0) is 23.3. The number of methoxy groups -OCH3 is 2. The van der Waals surface area contributed by atoms with Gasteiger partial charge in [-0.1, -0.05) is 25.2 Å². The van der Waals surface area contributed by atoms with Gasteiger partial charge in [0.25, 0.3) is 0 Å². The Morgan fingerprint density at radius 3 is 2.03 bits per heavy atom. The van der Waals surface area contributed by atoms with Gasteiger partial charge in [-0.2, -0.15) is 4.72 Å². The number of aromatic nitrogens is 2. The molecule has 0 saturated carbocycles. The first-order valence-electron chi connectivity index (χ1n) is 9.68. The van der Waals surface area contributed by atoms with Gasteiger partial charge in [0.1, 0.15) is 22.5 Å². The Balaban J connectivity index is 1.73. The summed E-state index contributed by atoms with van der Waals surface area (Å²) in [7, 11) is -0.843. The number of anilines is 1. The van der Waals surface area contributed by atoms with Crippen molar-refractivity contribution in [3.63, 3.8) is 0 Å². The molecule has 32 heavy (non-hydrogen) atoms. The van der Waals surface area contributed by atoms with E-state index < -0.39 is 22.0 Å². The molecule has 3 rings (SSSR count). The third-order valence-corrected chi connectivity index (χ3v) is 6.94. The predicted octanol–water partition coefficient (Wildman–Crippen LogP) is 3.16. The Morgan fingerprint density at radius 1 is 0.938 bits per heavy atom. The second kappa shape index (κ2) is 10.1. The van der Waals surface area contributed by atoms with Crippen molar-refractivity contribution in [1.29, 1.82) is 0 Å². The molecule has 1 amide bonds. The highest BCUT2D eigenvalue weighted by atomic mass is 32.2. The summed E-state index contributed by atoms with van der Waals surface area (Å²) in [6.07, 6.45) is 0. The number of amides is 1. The number of sulfonamides is 1. The van der Waals surface area contributed by atoms with Gasteiger partial charge < -0.3 is 9.47 Å². The number of carbonyl (C=O) groups is 1. The second-order valence-corrected chi connectivity index (χ2v) is 9.84. The molecule has 3 aromatic rings. The molecule has 1 aromatic heterocycles. The summed E-state index contributed by atoms with van der Waals surface area (Å²) < 4.78 is 38.2. The molecule has 0 unspecified atom stereocenters. The molecule has 0 radical (unpaired) electrons. The van der Waals surface area contributed by atoms with E-state index in [0.29, 0.717) is 10.8 Å². The molecule has 0 bridgehead atoms. The van der Waals surface area contributed by atoms with Crippen LogP contribution in [0.4, 0.5) is 5.13 Å². The van der Waals surface area contributed by atoms with Gasteiger partial charge in [-0.15, -0.1) is 10.2 Å². The summed E-state index contributed by atoms with van der Waals surface area (Å²) >= 11 is 1.19. The van der Waals surface area contributed by atoms with Crippen molar-refractivity contribution in [3.8, 4) is 22.1 Å². The van der Waals surface area contributed by atoms with Crippen LogP contribution in [-0.4, -0.2) is 44.8 Å². The van der Waals surface area contributed by atoms with Crippen LogP contribution in [0.1, 0.15) is 13.8 Å². The third-order valence-electron chi connectivity index (χ3n) is 4.59. The molecule has 2 N–H and O–H groups in total. The van der Waals surface area contributed by atoms with Gasteiger partial charge in [0.15, 0.2) is 0 Å². The van der Waals surface area contributed by atoms with E-state index in [2.05, 4.69) is 20.2 Å². The van der Waals surface area contributed by atoms with Gasteiger partial charge in [-0.05, 0) is 54.4 Å². The number of ether oxygens (including phenoxy) is 2. The summed E-state index contributed by atoms with van der Waals surface area (Å²) in [5, 5.41) is 11.7. The van der Waals surface area contributed by atoms with E-state index in [1.165, 1.54) is 30.6 Å². The van der Waals surface area contributed by atoms with Crippen molar-refractivity contribution >= 4 is 32.4 Å². The van der Waals surface area contributed by atoms with Gasteiger partial charge in [0, 0.05) is 5.56 Å². The van der Waals surface area contributed by atoms with E-state index in [-0.39, 0.29) is 15.9 Å². The van der Waals surface area contributed by atoms with Gasteiger partial charge in [-0.25, -0.2) is 8.42 Å². The quantitative estimate of drug-likeness (QED) is 0.487. The van der Waals surface area contributed by atoms with Crippen LogP contribution in [0.3, 0.4) is 0 Å². The fourth-order valence-electron chi connectivity index (χ4n) is 2.79. The molecule has 0 aliphatic rings. The number of nitrogens with zero attached hydrogens (tertiary/aromatic N) is 2. The highest BCUT2D eigenvalue weighted by Crippen LogP contribution is 2.28. The van der Waals surface area contributed by atoms with Crippen LogP contribution in [0, 0.1) is 5.92 Å². The largest absolute Gasteiger partial charge is 0.497 e. The zero-order valence-electron chi connectivity index (χ0n) is 18.0. The number of benzene rings is 2. The Bertz CT molecular complexity index is 1160. The van der Waals surface area contributed by atoms with Crippen molar-refractivity contribution in [1.82, 2.24) is 14.9 Å². The first kappa shape index (κ1) is 23.6. The predicted molar refractivity (Wildman–Crippen MR) is 122 cm³/mol. The van der Waals surface area contributed by atoms with Crippen LogP contribution in [-0.2, 0) is 14.8 Å². The minimum Gasteiger partial charge on any atom is -0.497 e. The van der Waals surface area contributed by atoms with Crippen LogP contribution in [0.25, 0.3) is 10.6 Å². The van der Waals surface area contributed by atoms with Crippen LogP contribution in [0.5, 0.6) is 11.5 Å². The summed E-state index contributed by atoms with van der Waals surface area (Å²) in [5.74, 6) is 0.424. The van der Waals surface area contributed by atoms with Crippen molar-refractivity contribution < 1.29 is 22.7 Å². The highest BCUT2D eigenvalue weighted by molar-refractivity contribution is 7.89. The molecule has 0 fully saturated rings. The Kier molecular flexibility index (Phi) is 7.44. The normalized spacial score (nSPS) is 12.4. The Labute approximate surface area is 190 Å². The maximum Gasteiger partial charge on any atom is 0.244 e. The first-order chi connectivity index (χ1) is 15.2.